The van der Waals surface area contributed by atoms with E-state index in [-0.39, 0.29) is 0 Å². The van der Waals surface area contributed by atoms with Gasteiger partial charge in [0.2, 0.25) is 0 Å². The van der Waals surface area contributed by atoms with E-state index in [2.05, 4.69) is 13.0 Å². The monoisotopic (exact) mass is 190 g/mol. The van der Waals surface area contributed by atoms with E-state index < -0.39 is 0 Å². The molecule has 1 heteroatoms. The third kappa shape index (κ3) is 1.92. The maximum Gasteiger partial charge on any atom is 0.115 e. The maximum absolute atomic E-state index is 9.34. The highest BCUT2D eigenvalue weighted by Crippen LogP contribution is 2.35. The summed E-state index contributed by atoms with van der Waals surface area (Å²) in [6, 6.07) is 5.79. The average Bonchev–Trinajstić information content (AvgIpc) is 2.19. The van der Waals surface area contributed by atoms with Gasteiger partial charge in [0, 0.05) is 0 Å². The number of benzene rings is 1. The number of phenols is 1. The Morgan fingerprint density at radius 1 is 1.14 bits per heavy atom. The quantitative estimate of drug-likeness (QED) is 0.715. The molecule has 2 rings (SSSR count). The lowest BCUT2D eigenvalue weighted by atomic mass is 9.82. The third-order valence-corrected chi connectivity index (χ3v) is 3.30. The Labute approximate surface area is 85.8 Å². The third-order valence-electron chi connectivity index (χ3n) is 3.30. The fourth-order valence-electron chi connectivity index (χ4n) is 2.53. The van der Waals surface area contributed by atoms with Gasteiger partial charge in [-0.3, -0.25) is 0 Å². The fraction of sp³-hybridized carbons (Fsp3) is 0.538. The van der Waals surface area contributed by atoms with Crippen LogP contribution in [-0.4, -0.2) is 5.11 Å². The molecule has 0 radical (unpaired) electrons. The molecule has 1 N–H and O–H groups in total. The molecule has 0 heterocycles. The van der Waals surface area contributed by atoms with Gasteiger partial charge in [0.15, 0.2) is 0 Å². The molecule has 0 amide bonds. The van der Waals surface area contributed by atoms with Crippen molar-refractivity contribution in [2.45, 2.75) is 44.9 Å². The van der Waals surface area contributed by atoms with Crippen LogP contribution < -0.4 is 0 Å². The second-order valence-electron chi connectivity index (χ2n) is 4.38. The zero-order valence-electron chi connectivity index (χ0n) is 8.79. The van der Waals surface area contributed by atoms with E-state index in [9.17, 15) is 5.11 Å². The number of phenolic OH excluding ortho intramolecular Hbond substituents is 1. The maximum atomic E-state index is 9.34. The predicted octanol–water partition coefficient (Wildman–Crippen LogP) is 3.75. The van der Waals surface area contributed by atoms with Crippen LogP contribution in [0.2, 0.25) is 0 Å². The minimum Gasteiger partial charge on any atom is -0.508 e. The summed E-state index contributed by atoms with van der Waals surface area (Å²) < 4.78 is 0. The van der Waals surface area contributed by atoms with Crippen molar-refractivity contribution in [3.05, 3.63) is 29.3 Å². The molecule has 0 bridgehead atoms. The highest BCUT2D eigenvalue weighted by Gasteiger charge is 2.16. The molecule has 14 heavy (non-hydrogen) atoms. The fourth-order valence-corrected chi connectivity index (χ4v) is 2.53. The molecule has 76 valence electrons. The number of rotatable bonds is 1. The van der Waals surface area contributed by atoms with Crippen molar-refractivity contribution in [1.29, 1.82) is 0 Å². The first kappa shape index (κ1) is 9.57. The molecule has 0 spiro atoms. The zero-order chi connectivity index (χ0) is 9.97. The number of hydrogen-bond donors (Lipinski definition) is 1. The van der Waals surface area contributed by atoms with Gasteiger partial charge in [-0.15, -0.1) is 0 Å². The second kappa shape index (κ2) is 4.04. The summed E-state index contributed by atoms with van der Waals surface area (Å²) in [5.74, 6) is 1.13. The minimum absolute atomic E-state index is 0.391. The van der Waals surface area contributed by atoms with Gasteiger partial charge in [-0.25, -0.2) is 0 Å². The number of aryl methyl sites for hydroxylation is 1. The van der Waals surface area contributed by atoms with Crippen LogP contribution in [0.4, 0.5) is 0 Å². The van der Waals surface area contributed by atoms with Gasteiger partial charge in [-0.05, 0) is 48.9 Å². The molecule has 0 unspecified atom stereocenters. The topological polar surface area (TPSA) is 20.2 Å². The lowest BCUT2D eigenvalue weighted by Crippen LogP contribution is -2.05. The zero-order valence-corrected chi connectivity index (χ0v) is 8.79. The smallest absolute Gasteiger partial charge is 0.115 e. The molecule has 1 fully saturated rings. The summed E-state index contributed by atoms with van der Waals surface area (Å²) in [6.07, 6.45) is 6.78. The summed E-state index contributed by atoms with van der Waals surface area (Å²) in [5.41, 5.74) is 2.69. The Hall–Kier alpha value is -0.980. The molecule has 0 atom stereocenters. The van der Waals surface area contributed by atoms with Gasteiger partial charge in [-0.2, -0.15) is 0 Å². The Balaban J connectivity index is 2.22. The van der Waals surface area contributed by atoms with Crippen LogP contribution in [0.5, 0.6) is 5.75 Å². The molecular formula is C13H18O. The van der Waals surface area contributed by atoms with Crippen LogP contribution in [0, 0.1) is 6.92 Å². The molecule has 0 aromatic heterocycles. The average molecular weight is 190 g/mol. The van der Waals surface area contributed by atoms with Crippen molar-refractivity contribution in [2.24, 2.45) is 0 Å². The Bertz CT molecular complexity index is 311. The molecule has 1 nitrogen and oxygen atoms in total. The summed E-state index contributed by atoms with van der Waals surface area (Å²) in [4.78, 5) is 0. The standard InChI is InChI=1S/C13H18O/c1-10-9-12(14)7-8-13(10)11-5-3-2-4-6-11/h7-9,11,14H,2-6H2,1H3. The largest absolute Gasteiger partial charge is 0.508 e. The molecule has 1 saturated carbocycles. The van der Waals surface area contributed by atoms with Gasteiger partial charge < -0.3 is 5.11 Å². The molecule has 0 aliphatic heterocycles. The lowest BCUT2D eigenvalue weighted by molar-refractivity contribution is 0.440. The summed E-state index contributed by atoms with van der Waals surface area (Å²) >= 11 is 0. The summed E-state index contributed by atoms with van der Waals surface area (Å²) in [5, 5.41) is 9.34. The minimum atomic E-state index is 0.391. The van der Waals surface area contributed by atoms with Crippen LogP contribution in [0.15, 0.2) is 18.2 Å². The van der Waals surface area contributed by atoms with Gasteiger partial charge in [0.25, 0.3) is 0 Å². The number of hydrogen-bond acceptors (Lipinski definition) is 1. The first-order valence-electron chi connectivity index (χ1n) is 5.57. The van der Waals surface area contributed by atoms with E-state index in [0.717, 1.165) is 5.92 Å². The van der Waals surface area contributed by atoms with E-state index in [1.807, 2.05) is 12.1 Å². The SMILES string of the molecule is Cc1cc(O)ccc1C1CCCCC1. The van der Waals surface area contributed by atoms with Crippen molar-refractivity contribution in [3.63, 3.8) is 0 Å². The Morgan fingerprint density at radius 3 is 2.50 bits per heavy atom. The second-order valence-corrected chi connectivity index (χ2v) is 4.38. The van der Waals surface area contributed by atoms with E-state index >= 15 is 0 Å². The van der Waals surface area contributed by atoms with Crippen molar-refractivity contribution in [3.8, 4) is 5.75 Å². The summed E-state index contributed by atoms with van der Waals surface area (Å²) in [7, 11) is 0. The first-order valence-corrected chi connectivity index (χ1v) is 5.57. The predicted molar refractivity (Wildman–Crippen MR) is 58.7 cm³/mol. The van der Waals surface area contributed by atoms with Crippen molar-refractivity contribution in [1.82, 2.24) is 0 Å². The van der Waals surface area contributed by atoms with E-state index in [1.54, 1.807) is 0 Å². The van der Waals surface area contributed by atoms with E-state index in [4.69, 9.17) is 0 Å². The molecule has 1 aromatic carbocycles. The van der Waals surface area contributed by atoms with Crippen LogP contribution in [-0.2, 0) is 0 Å². The number of aromatic hydroxyl groups is 1. The van der Waals surface area contributed by atoms with Gasteiger partial charge >= 0.3 is 0 Å². The van der Waals surface area contributed by atoms with E-state index in [1.165, 1.54) is 43.2 Å². The van der Waals surface area contributed by atoms with Crippen LogP contribution in [0.25, 0.3) is 0 Å². The molecule has 1 aromatic rings. The molecular weight excluding hydrogens is 172 g/mol. The summed E-state index contributed by atoms with van der Waals surface area (Å²) in [6.45, 7) is 2.10. The Kier molecular flexibility index (Phi) is 2.76. The normalized spacial score (nSPS) is 18.4. The van der Waals surface area contributed by atoms with Crippen molar-refractivity contribution < 1.29 is 5.11 Å². The molecule has 1 aliphatic carbocycles. The van der Waals surface area contributed by atoms with Gasteiger partial charge in [-0.1, -0.05) is 25.3 Å². The van der Waals surface area contributed by atoms with E-state index in [0.29, 0.717) is 5.75 Å². The van der Waals surface area contributed by atoms with Crippen molar-refractivity contribution >= 4 is 0 Å². The van der Waals surface area contributed by atoms with Crippen LogP contribution >= 0.6 is 0 Å². The lowest BCUT2D eigenvalue weighted by Gasteiger charge is -2.23. The van der Waals surface area contributed by atoms with Gasteiger partial charge in [0.05, 0.1) is 0 Å². The van der Waals surface area contributed by atoms with Crippen LogP contribution in [0.3, 0.4) is 0 Å². The van der Waals surface area contributed by atoms with Crippen LogP contribution in [0.1, 0.15) is 49.1 Å². The highest BCUT2D eigenvalue weighted by atomic mass is 16.3. The highest BCUT2D eigenvalue weighted by molar-refractivity contribution is 5.36. The van der Waals surface area contributed by atoms with Gasteiger partial charge in [0.1, 0.15) is 5.75 Å². The Morgan fingerprint density at radius 2 is 1.86 bits per heavy atom. The van der Waals surface area contributed by atoms with Crippen molar-refractivity contribution in [2.75, 3.05) is 0 Å². The molecule has 0 saturated heterocycles. The first-order chi connectivity index (χ1) is 6.77. The molecule has 1 aliphatic rings.